The number of fused-ring (bicyclic) bond motifs is 3. The van der Waals surface area contributed by atoms with E-state index in [4.69, 9.17) is 5.73 Å². The summed E-state index contributed by atoms with van der Waals surface area (Å²) in [5.74, 6) is -6.18. The van der Waals surface area contributed by atoms with Crippen molar-refractivity contribution in [2.24, 2.45) is 17.6 Å². The van der Waals surface area contributed by atoms with Gasteiger partial charge in [0.2, 0.25) is 5.78 Å². The Bertz CT molecular complexity index is 1100. The second-order valence-electron chi connectivity index (χ2n) is 8.74. The van der Waals surface area contributed by atoms with Crippen molar-refractivity contribution >= 4 is 23.2 Å². The van der Waals surface area contributed by atoms with Crippen LogP contribution in [0.15, 0.2) is 29.0 Å². The third-order valence-electron chi connectivity index (χ3n) is 6.53. The lowest BCUT2D eigenvalue weighted by Crippen LogP contribution is -2.58. The molecule has 0 radical (unpaired) electrons. The van der Waals surface area contributed by atoms with Crippen molar-refractivity contribution in [3.05, 3.63) is 45.7 Å². The van der Waals surface area contributed by atoms with Gasteiger partial charge in [0.1, 0.15) is 22.8 Å². The summed E-state index contributed by atoms with van der Waals surface area (Å²) in [6.45, 7) is 0.545. The minimum Gasteiger partial charge on any atom is -0.508 e. The van der Waals surface area contributed by atoms with Crippen LogP contribution < -0.4 is 5.73 Å². The number of benzene rings is 1. The number of phenolic OH excluding ortho intramolecular Hbond substituents is 1. The fourth-order valence-electron chi connectivity index (χ4n) is 5.17. The number of hydrogen-bond donors (Lipinski definition) is 5. The van der Waals surface area contributed by atoms with Crippen LogP contribution in [-0.2, 0) is 27.3 Å². The highest BCUT2D eigenvalue weighted by atomic mass is 16.3. The number of aliphatic hydroxyl groups excluding tert-OH is 2. The van der Waals surface area contributed by atoms with E-state index < -0.39 is 52.0 Å². The van der Waals surface area contributed by atoms with Gasteiger partial charge in [0.05, 0.1) is 5.56 Å². The summed E-state index contributed by atoms with van der Waals surface area (Å²) >= 11 is 0. The minimum atomic E-state index is -2.54. The number of aromatic hydroxyl groups is 1. The van der Waals surface area contributed by atoms with Gasteiger partial charge >= 0.3 is 0 Å². The molecule has 1 saturated carbocycles. The highest BCUT2D eigenvalue weighted by Gasteiger charge is 2.60. The molecule has 3 aliphatic carbocycles. The van der Waals surface area contributed by atoms with Gasteiger partial charge in [-0.3, -0.25) is 14.4 Å². The molecule has 1 unspecified atom stereocenters. The fraction of sp³-hybridized carbons (Fsp3) is 0.409. The van der Waals surface area contributed by atoms with Crippen molar-refractivity contribution in [3.8, 4) is 5.75 Å². The van der Waals surface area contributed by atoms with Crippen LogP contribution in [0.4, 0.5) is 0 Å². The number of rotatable bonds is 3. The van der Waals surface area contributed by atoms with Crippen molar-refractivity contribution in [1.29, 1.82) is 0 Å². The molecular formula is C22H24N2O7. The summed E-state index contributed by atoms with van der Waals surface area (Å²) in [6, 6.07) is 3.19. The second kappa shape index (κ2) is 6.93. The largest absolute Gasteiger partial charge is 0.508 e. The number of ketones is 2. The summed E-state index contributed by atoms with van der Waals surface area (Å²) in [6.07, 6.45) is 0.110. The molecule has 0 saturated heterocycles. The Morgan fingerprint density at radius 3 is 2.48 bits per heavy atom. The summed E-state index contributed by atoms with van der Waals surface area (Å²) in [4.78, 5) is 39.3. The van der Waals surface area contributed by atoms with E-state index >= 15 is 0 Å². The number of Topliss-reactive ketones (excluding diaryl/α,β-unsaturated/α-hetero) is 2. The maximum absolute atomic E-state index is 13.4. The Morgan fingerprint density at radius 1 is 1.19 bits per heavy atom. The van der Waals surface area contributed by atoms with Crippen molar-refractivity contribution in [1.82, 2.24) is 4.90 Å². The molecule has 0 aliphatic heterocycles. The monoisotopic (exact) mass is 428 g/mol. The molecule has 0 spiro atoms. The molecule has 1 aromatic carbocycles. The van der Waals surface area contributed by atoms with Gasteiger partial charge in [-0.05, 0) is 50.0 Å². The molecule has 3 atom stereocenters. The van der Waals surface area contributed by atoms with Gasteiger partial charge in [-0.15, -0.1) is 0 Å². The van der Waals surface area contributed by atoms with Crippen LogP contribution in [-0.4, -0.2) is 62.5 Å². The molecule has 4 rings (SSSR count). The van der Waals surface area contributed by atoms with Crippen LogP contribution in [0.1, 0.15) is 29.5 Å². The highest BCUT2D eigenvalue weighted by molar-refractivity contribution is 6.22. The van der Waals surface area contributed by atoms with Crippen LogP contribution >= 0.6 is 0 Å². The first-order valence-electron chi connectivity index (χ1n) is 9.94. The number of nitrogens with two attached hydrogens (primary N) is 1. The zero-order valence-corrected chi connectivity index (χ0v) is 17.2. The van der Waals surface area contributed by atoms with E-state index in [1.807, 2.05) is 19.0 Å². The highest BCUT2D eigenvalue weighted by Crippen LogP contribution is 2.52. The quantitative estimate of drug-likeness (QED) is 0.435. The Morgan fingerprint density at radius 2 is 1.87 bits per heavy atom. The topological polar surface area (TPSA) is 161 Å². The lowest BCUT2D eigenvalue weighted by molar-refractivity contribution is -0.147. The third kappa shape index (κ3) is 2.88. The second-order valence-corrected chi connectivity index (χ2v) is 8.74. The molecule has 9 heteroatoms. The number of carbonyl (C=O) groups is 3. The van der Waals surface area contributed by atoms with Crippen molar-refractivity contribution < 1.29 is 34.8 Å². The first-order valence-corrected chi connectivity index (χ1v) is 9.94. The van der Waals surface area contributed by atoms with Gasteiger partial charge in [0.15, 0.2) is 11.4 Å². The van der Waals surface area contributed by atoms with Gasteiger partial charge in [-0.25, -0.2) is 0 Å². The minimum absolute atomic E-state index is 0.117. The molecule has 1 amide bonds. The zero-order chi connectivity index (χ0) is 22.8. The number of primary amides is 1. The Hall–Kier alpha value is -3.17. The first-order chi connectivity index (χ1) is 14.5. The Labute approximate surface area is 178 Å². The number of aliphatic hydroxyl groups is 3. The molecule has 3 aliphatic rings. The van der Waals surface area contributed by atoms with Gasteiger partial charge in [0, 0.05) is 24.5 Å². The molecule has 1 aromatic rings. The maximum atomic E-state index is 13.4. The normalized spacial score (nSPS) is 27.9. The smallest absolute Gasteiger partial charge is 0.255 e. The Kier molecular flexibility index (Phi) is 4.71. The predicted octanol–water partition coefficient (Wildman–Crippen LogP) is 0.485. The van der Waals surface area contributed by atoms with Crippen LogP contribution in [0.2, 0.25) is 0 Å². The van der Waals surface area contributed by atoms with E-state index in [0.717, 1.165) is 5.56 Å². The van der Waals surface area contributed by atoms with E-state index in [-0.39, 0.29) is 29.7 Å². The lowest BCUT2D eigenvalue weighted by Gasteiger charge is -2.46. The van der Waals surface area contributed by atoms with Crippen LogP contribution in [0.5, 0.6) is 5.75 Å². The van der Waals surface area contributed by atoms with Gasteiger partial charge in [-0.2, -0.15) is 0 Å². The number of carbonyl (C=O) groups excluding carboxylic acids is 3. The summed E-state index contributed by atoms with van der Waals surface area (Å²) in [5, 5.41) is 43.1. The van der Waals surface area contributed by atoms with E-state index in [0.29, 0.717) is 18.5 Å². The van der Waals surface area contributed by atoms with Crippen molar-refractivity contribution in [3.63, 3.8) is 0 Å². The van der Waals surface area contributed by atoms with Crippen molar-refractivity contribution in [2.75, 3.05) is 14.1 Å². The Balaban J connectivity index is 1.91. The number of phenols is 1. The average molecular weight is 428 g/mol. The predicted molar refractivity (Wildman–Crippen MR) is 109 cm³/mol. The van der Waals surface area contributed by atoms with E-state index in [9.17, 15) is 34.8 Å². The lowest BCUT2D eigenvalue weighted by atomic mass is 9.59. The van der Waals surface area contributed by atoms with Crippen LogP contribution in [0.3, 0.4) is 0 Å². The molecule has 6 N–H and O–H groups in total. The fourth-order valence-corrected chi connectivity index (χ4v) is 5.17. The maximum Gasteiger partial charge on any atom is 0.255 e. The molecule has 0 heterocycles. The first kappa shape index (κ1) is 21.1. The van der Waals surface area contributed by atoms with Gasteiger partial charge in [-0.1, -0.05) is 6.07 Å². The van der Waals surface area contributed by atoms with E-state index in [1.165, 1.54) is 6.07 Å². The molecule has 0 bridgehead atoms. The summed E-state index contributed by atoms with van der Waals surface area (Å²) < 4.78 is 0. The molecular weight excluding hydrogens is 404 g/mol. The third-order valence-corrected chi connectivity index (χ3v) is 6.53. The van der Waals surface area contributed by atoms with Gasteiger partial charge < -0.3 is 31.1 Å². The molecule has 0 aromatic heterocycles. The van der Waals surface area contributed by atoms with E-state index in [1.54, 1.807) is 6.07 Å². The molecule has 1 fully saturated rings. The summed E-state index contributed by atoms with van der Waals surface area (Å²) in [5.41, 5.74) is 3.39. The average Bonchev–Trinajstić information content (AvgIpc) is 2.66. The summed E-state index contributed by atoms with van der Waals surface area (Å²) in [7, 11) is 3.76. The number of nitrogens with zero attached hydrogens (tertiary/aromatic N) is 1. The standard InChI is InChI=1S/C22H24N2O7/c1-24(2)8-9-3-4-13(25)16-12(9)6-10-5-11-7-14(26)17(21(23)30)20(29)22(11,31)19(28)15(10)18(16)27/h3-4,10-11,25,27,29,31H,5-8H2,1-2H3,(H2,23,30)/t10?,11-,22-/m0/s1. The van der Waals surface area contributed by atoms with Crippen LogP contribution in [0, 0.1) is 11.8 Å². The molecule has 164 valence electrons. The van der Waals surface area contributed by atoms with Crippen molar-refractivity contribution in [2.45, 2.75) is 31.4 Å². The number of amides is 1. The zero-order valence-electron chi connectivity index (χ0n) is 17.2. The SMILES string of the molecule is CN(C)Cc1ccc(O)c2c1CC1C[C@H]3CC(=O)C(C(N)=O)=C(O)[C@@]3(O)C(=O)C1=C2O. The molecule has 31 heavy (non-hydrogen) atoms. The van der Waals surface area contributed by atoms with Crippen LogP contribution in [0.25, 0.3) is 5.76 Å². The van der Waals surface area contributed by atoms with Gasteiger partial charge in [0.25, 0.3) is 5.91 Å². The number of hydrogen-bond acceptors (Lipinski definition) is 8. The van der Waals surface area contributed by atoms with E-state index in [2.05, 4.69) is 0 Å². The molecule has 9 nitrogen and oxygen atoms in total.